The maximum absolute atomic E-state index is 14.7. The molecule has 0 heterocycles. The van der Waals surface area contributed by atoms with Crippen LogP contribution < -0.4 is 15.9 Å². The summed E-state index contributed by atoms with van der Waals surface area (Å²) >= 11 is 0. The SMILES string of the molecule is CCOC(=O)C[C@@H](C)C[C@H](C)[C@@H](OC(=O)c1ccccc1P(c1ccccc1)c1ccccc1)[C@@H](C)COC(c1ccccc1)(c1ccccc1)c1ccccc1. The molecule has 4 atom stereocenters. The van der Waals surface area contributed by atoms with Crippen LogP contribution in [0.25, 0.3) is 0 Å². The first-order chi connectivity index (χ1) is 27.8. The maximum Gasteiger partial charge on any atom is 0.339 e. The molecule has 0 spiro atoms. The zero-order valence-electron chi connectivity index (χ0n) is 33.4. The van der Waals surface area contributed by atoms with Gasteiger partial charge < -0.3 is 14.2 Å². The molecule has 6 heteroatoms. The van der Waals surface area contributed by atoms with E-state index in [1.807, 2.05) is 116 Å². The van der Waals surface area contributed by atoms with Gasteiger partial charge in [-0.2, -0.15) is 0 Å². The molecule has 0 aliphatic carbocycles. The van der Waals surface area contributed by atoms with Crippen molar-refractivity contribution in [2.75, 3.05) is 13.2 Å². The Morgan fingerprint density at radius 1 is 0.579 bits per heavy atom. The monoisotopic (exact) mass is 776 g/mol. The Hall–Kier alpha value is -5.35. The Bertz CT molecular complexity index is 1990. The third-order valence-electron chi connectivity index (χ3n) is 10.5. The number of ether oxygens (including phenoxy) is 3. The van der Waals surface area contributed by atoms with Gasteiger partial charge in [0.2, 0.25) is 0 Å². The lowest BCUT2D eigenvalue weighted by atomic mass is 9.79. The fourth-order valence-corrected chi connectivity index (χ4v) is 10.3. The lowest BCUT2D eigenvalue weighted by molar-refractivity contribution is -0.144. The van der Waals surface area contributed by atoms with Crippen molar-refractivity contribution in [3.8, 4) is 0 Å². The quantitative estimate of drug-likeness (QED) is 0.0494. The molecule has 5 nitrogen and oxygen atoms in total. The van der Waals surface area contributed by atoms with E-state index in [0.29, 0.717) is 25.0 Å². The van der Waals surface area contributed by atoms with Gasteiger partial charge in [-0.3, -0.25) is 4.79 Å². The highest BCUT2D eigenvalue weighted by Crippen LogP contribution is 2.42. The first kappa shape index (κ1) is 41.3. The summed E-state index contributed by atoms with van der Waals surface area (Å²) in [6.07, 6.45) is 0.421. The molecular weight excluding hydrogens is 724 g/mol. The van der Waals surface area contributed by atoms with E-state index in [9.17, 15) is 9.59 Å². The van der Waals surface area contributed by atoms with Crippen molar-refractivity contribution in [3.05, 3.63) is 198 Å². The van der Waals surface area contributed by atoms with Crippen LogP contribution in [0.15, 0.2) is 176 Å². The van der Waals surface area contributed by atoms with E-state index in [-0.39, 0.29) is 36.3 Å². The fraction of sp³-hybridized carbons (Fsp3) is 0.255. The zero-order chi connectivity index (χ0) is 40.0. The minimum absolute atomic E-state index is 0.0155. The van der Waals surface area contributed by atoms with Crippen LogP contribution in [-0.2, 0) is 24.6 Å². The average Bonchev–Trinajstić information content (AvgIpc) is 3.25. The molecule has 0 N–H and O–H groups in total. The van der Waals surface area contributed by atoms with Crippen LogP contribution in [0.2, 0.25) is 0 Å². The van der Waals surface area contributed by atoms with Crippen molar-refractivity contribution < 1.29 is 23.8 Å². The predicted octanol–water partition coefficient (Wildman–Crippen LogP) is 10.2. The number of carbonyl (C=O) groups excluding carboxylic acids is 2. The first-order valence-electron chi connectivity index (χ1n) is 20.0. The van der Waals surface area contributed by atoms with Gasteiger partial charge in [0.25, 0.3) is 0 Å². The standard InChI is InChI=1S/C51H53O5P/c1-5-54-48(52)36-38(2)35-39(3)49(56-50(53)46-33-21-22-34-47(46)57(44-29-17-9-18-30-44)45-31-19-10-20-32-45)40(4)37-55-51(41-23-11-6-12-24-41,42-25-13-7-14-26-42)43-27-15-8-16-28-43/h6-34,38-40,49H,5,35-37H2,1-4H3/t38-,39-,40-,49+/m0/s1. The molecule has 0 saturated heterocycles. The minimum Gasteiger partial charge on any atom is -0.466 e. The topological polar surface area (TPSA) is 61.8 Å². The van der Waals surface area contributed by atoms with E-state index in [4.69, 9.17) is 14.2 Å². The third-order valence-corrected chi connectivity index (χ3v) is 13.0. The van der Waals surface area contributed by atoms with E-state index in [1.54, 1.807) is 0 Å². The Morgan fingerprint density at radius 3 is 1.49 bits per heavy atom. The summed E-state index contributed by atoms with van der Waals surface area (Å²) in [5.74, 6) is -0.905. The van der Waals surface area contributed by atoms with Gasteiger partial charge in [-0.15, -0.1) is 0 Å². The van der Waals surface area contributed by atoms with Crippen molar-refractivity contribution in [1.82, 2.24) is 0 Å². The number of hydrogen-bond donors (Lipinski definition) is 0. The Morgan fingerprint density at radius 2 is 1.02 bits per heavy atom. The van der Waals surface area contributed by atoms with Gasteiger partial charge in [-0.1, -0.05) is 191 Å². The first-order valence-corrected chi connectivity index (χ1v) is 21.3. The highest BCUT2D eigenvalue weighted by atomic mass is 31.1. The summed E-state index contributed by atoms with van der Waals surface area (Å²) < 4.78 is 19.3. The van der Waals surface area contributed by atoms with Crippen molar-refractivity contribution >= 4 is 35.8 Å². The predicted molar refractivity (Wildman–Crippen MR) is 233 cm³/mol. The average molecular weight is 777 g/mol. The summed E-state index contributed by atoms with van der Waals surface area (Å²) in [5.41, 5.74) is 2.63. The lowest BCUT2D eigenvalue weighted by Crippen LogP contribution is -2.40. The van der Waals surface area contributed by atoms with E-state index in [1.165, 1.54) is 0 Å². The second-order valence-electron chi connectivity index (χ2n) is 14.8. The molecule has 0 radical (unpaired) electrons. The van der Waals surface area contributed by atoms with Crippen LogP contribution in [-0.4, -0.2) is 31.3 Å². The molecule has 0 aliphatic rings. The van der Waals surface area contributed by atoms with Crippen LogP contribution in [0.5, 0.6) is 0 Å². The molecule has 57 heavy (non-hydrogen) atoms. The number of rotatable bonds is 18. The van der Waals surface area contributed by atoms with Crippen LogP contribution in [0.4, 0.5) is 0 Å². The van der Waals surface area contributed by atoms with E-state index >= 15 is 0 Å². The van der Waals surface area contributed by atoms with Gasteiger partial charge in [0.1, 0.15) is 11.7 Å². The molecule has 0 bridgehead atoms. The summed E-state index contributed by atoms with van der Waals surface area (Å²) in [7, 11) is -1.06. The van der Waals surface area contributed by atoms with Gasteiger partial charge in [0, 0.05) is 12.3 Å². The van der Waals surface area contributed by atoms with Crippen molar-refractivity contribution in [3.63, 3.8) is 0 Å². The number of esters is 2. The number of benzene rings is 6. The molecule has 0 fully saturated rings. The fourth-order valence-electron chi connectivity index (χ4n) is 7.88. The molecule has 0 aliphatic heterocycles. The van der Waals surface area contributed by atoms with E-state index in [2.05, 4.69) is 87.5 Å². The lowest BCUT2D eigenvalue weighted by Gasteiger charge is -2.38. The van der Waals surface area contributed by atoms with E-state index in [0.717, 1.165) is 32.6 Å². The number of hydrogen-bond acceptors (Lipinski definition) is 5. The Balaban J connectivity index is 1.37. The van der Waals surface area contributed by atoms with Crippen molar-refractivity contribution in [2.45, 2.75) is 52.2 Å². The Labute approximate surface area is 339 Å². The third kappa shape index (κ3) is 10.2. The highest BCUT2D eigenvalue weighted by molar-refractivity contribution is 7.80. The molecule has 0 aromatic heterocycles. The summed E-state index contributed by atoms with van der Waals surface area (Å²) in [5, 5.41) is 3.24. The second kappa shape index (κ2) is 20.2. The summed E-state index contributed by atoms with van der Waals surface area (Å²) in [6.45, 7) is 8.72. The molecule has 0 unspecified atom stereocenters. The van der Waals surface area contributed by atoms with Crippen LogP contribution in [0, 0.1) is 17.8 Å². The molecule has 6 aromatic rings. The van der Waals surface area contributed by atoms with Gasteiger partial charge in [-0.05, 0) is 71.8 Å². The van der Waals surface area contributed by atoms with Crippen LogP contribution in [0.3, 0.4) is 0 Å². The molecule has 0 saturated carbocycles. The van der Waals surface area contributed by atoms with Crippen molar-refractivity contribution in [1.29, 1.82) is 0 Å². The summed E-state index contributed by atoms with van der Waals surface area (Å²) in [6, 6.07) is 59.5. The summed E-state index contributed by atoms with van der Waals surface area (Å²) in [4.78, 5) is 27.3. The Kier molecular flexibility index (Phi) is 14.6. The minimum atomic E-state index is -1.06. The normalized spacial score (nSPS) is 13.6. The smallest absolute Gasteiger partial charge is 0.339 e. The van der Waals surface area contributed by atoms with Crippen LogP contribution in [0.1, 0.15) is 67.6 Å². The van der Waals surface area contributed by atoms with Gasteiger partial charge in [-0.25, -0.2) is 4.79 Å². The largest absolute Gasteiger partial charge is 0.466 e. The van der Waals surface area contributed by atoms with Crippen molar-refractivity contribution in [2.24, 2.45) is 17.8 Å². The molecule has 292 valence electrons. The maximum atomic E-state index is 14.7. The number of carbonyl (C=O) groups is 2. The van der Waals surface area contributed by atoms with Gasteiger partial charge >= 0.3 is 11.9 Å². The molecular formula is C51H53O5P. The van der Waals surface area contributed by atoms with Gasteiger partial charge in [0.05, 0.1) is 18.8 Å². The molecule has 6 aromatic carbocycles. The highest BCUT2D eigenvalue weighted by Gasteiger charge is 2.40. The zero-order valence-corrected chi connectivity index (χ0v) is 34.3. The molecule has 6 rings (SSSR count). The van der Waals surface area contributed by atoms with Crippen LogP contribution >= 0.6 is 7.92 Å². The van der Waals surface area contributed by atoms with Gasteiger partial charge in [0.15, 0.2) is 0 Å². The molecule has 0 amide bonds. The second-order valence-corrected chi connectivity index (χ2v) is 17.0. The van der Waals surface area contributed by atoms with E-state index < -0.39 is 19.6 Å².